The summed E-state index contributed by atoms with van der Waals surface area (Å²) in [5, 5.41) is 1.03. The van der Waals surface area contributed by atoms with Crippen molar-refractivity contribution in [2.24, 2.45) is 0 Å². The Labute approximate surface area is 100 Å². The Balaban J connectivity index is 2.66. The van der Waals surface area contributed by atoms with E-state index in [1.165, 1.54) is 0 Å². The second-order valence-electron chi connectivity index (χ2n) is 4.15. The van der Waals surface area contributed by atoms with Gasteiger partial charge in [-0.05, 0) is 30.5 Å². The summed E-state index contributed by atoms with van der Waals surface area (Å²) in [4.78, 5) is 14.4. The molecule has 3 heteroatoms. The summed E-state index contributed by atoms with van der Waals surface area (Å²) < 4.78 is 5.37. The Morgan fingerprint density at radius 2 is 2.18 bits per heavy atom. The Morgan fingerprint density at radius 1 is 1.35 bits per heavy atom. The maximum atomic E-state index is 11.6. The molecule has 0 unspecified atom stereocenters. The highest BCUT2D eigenvalue weighted by Crippen LogP contribution is 2.27. The Morgan fingerprint density at radius 3 is 2.88 bits per heavy atom. The van der Waals surface area contributed by atoms with Crippen LogP contribution < -0.4 is 10.3 Å². The number of benzene rings is 1. The number of aromatic amines is 1. The van der Waals surface area contributed by atoms with Gasteiger partial charge in [0.1, 0.15) is 5.75 Å². The molecule has 0 aliphatic carbocycles. The van der Waals surface area contributed by atoms with Gasteiger partial charge < -0.3 is 9.72 Å². The quantitative estimate of drug-likeness (QED) is 0.879. The highest BCUT2D eigenvalue weighted by atomic mass is 16.5. The monoisotopic (exact) mass is 231 g/mol. The number of pyridine rings is 1. The summed E-state index contributed by atoms with van der Waals surface area (Å²) in [6.07, 6.45) is 3.11. The maximum Gasteiger partial charge on any atom is 0.248 e. The predicted octanol–water partition coefficient (Wildman–Crippen LogP) is 2.88. The first-order valence-electron chi connectivity index (χ1n) is 5.95. The van der Waals surface area contributed by atoms with Crippen molar-refractivity contribution in [2.75, 3.05) is 7.11 Å². The van der Waals surface area contributed by atoms with Gasteiger partial charge in [-0.25, -0.2) is 0 Å². The van der Waals surface area contributed by atoms with Gasteiger partial charge in [0.15, 0.2) is 0 Å². The summed E-state index contributed by atoms with van der Waals surface area (Å²) >= 11 is 0. The third-order valence-electron chi connectivity index (χ3n) is 2.93. The lowest BCUT2D eigenvalue weighted by Crippen LogP contribution is -2.07. The Hall–Kier alpha value is -1.77. The minimum absolute atomic E-state index is 0.0446. The summed E-state index contributed by atoms with van der Waals surface area (Å²) in [5.74, 6) is 0.824. The van der Waals surface area contributed by atoms with Gasteiger partial charge in [0.05, 0.1) is 12.6 Å². The van der Waals surface area contributed by atoms with E-state index in [4.69, 9.17) is 4.74 Å². The van der Waals surface area contributed by atoms with Crippen molar-refractivity contribution >= 4 is 10.9 Å². The van der Waals surface area contributed by atoms with Gasteiger partial charge >= 0.3 is 0 Å². The van der Waals surface area contributed by atoms with Crippen LogP contribution in [-0.2, 0) is 6.42 Å². The minimum atomic E-state index is -0.0446. The number of nitrogens with one attached hydrogen (secondary N) is 1. The second kappa shape index (κ2) is 5.04. The van der Waals surface area contributed by atoms with Crippen LogP contribution >= 0.6 is 0 Å². The number of fused-ring (bicyclic) bond motifs is 1. The molecule has 1 heterocycles. The molecule has 3 nitrogen and oxygen atoms in total. The lowest BCUT2D eigenvalue weighted by molar-refractivity contribution is 0.419. The summed E-state index contributed by atoms with van der Waals surface area (Å²) in [6.45, 7) is 2.15. The third kappa shape index (κ3) is 2.33. The van der Waals surface area contributed by atoms with Crippen molar-refractivity contribution in [3.63, 3.8) is 0 Å². The molecule has 2 rings (SSSR count). The van der Waals surface area contributed by atoms with Crippen molar-refractivity contribution in [1.82, 2.24) is 4.98 Å². The van der Waals surface area contributed by atoms with Crippen LogP contribution in [0, 0.1) is 0 Å². The molecular formula is C14H17NO2. The summed E-state index contributed by atoms with van der Waals surface area (Å²) in [7, 11) is 1.66. The number of hydrogen-bond acceptors (Lipinski definition) is 2. The molecule has 0 aliphatic heterocycles. The highest BCUT2D eigenvalue weighted by Gasteiger charge is 2.08. The van der Waals surface area contributed by atoms with Crippen molar-refractivity contribution in [1.29, 1.82) is 0 Å². The number of H-pyrrole nitrogens is 1. The molecule has 0 aliphatic rings. The van der Waals surface area contributed by atoms with E-state index in [0.717, 1.165) is 41.5 Å². The molecule has 0 spiro atoms. The van der Waals surface area contributed by atoms with E-state index in [1.54, 1.807) is 13.2 Å². The molecule has 0 saturated carbocycles. The molecule has 2 aromatic rings. The van der Waals surface area contributed by atoms with Gasteiger partial charge in [0, 0.05) is 11.5 Å². The van der Waals surface area contributed by atoms with E-state index in [1.807, 2.05) is 18.2 Å². The standard InChI is InChI=1S/C14H17NO2/c1-3-4-6-10-9-13(16)15-11-7-5-8-12(17-2)14(10)11/h5,7-9H,3-4,6H2,1-2H3,(H,15,16). The van der Waals surface area contributed by atoms with Crippen LogP contribution in [0.25, 0.3) is 10.9 Å². The number of aryl methyl sites for hydroxylation is 1. The van der Waals surface area contributed by atoms with Crippen LogP contribution in [0.5, 0.6) is 5.75 Å². The van der Waals surface area contributed by atoms with Gasteiger partial charge in [0.2, 0.25) is 5.56 Å². The lowest BCUT2D eigenvalue weighted by Gasteiger charge is -2.09. The van der Waals surface area contributed by atoms with Crippen LogP contribution in [0.3, 0.4) is 0 Å². The van der Waals surface area contributed by atoms with Crippen molar-refractivity contribution in [3.8, 4) is 5.75 Å². The molecule has 1 aromatic carbocycles. The fraction of sp³-hybridized carbons (Fsp3) is 0.357. The summed E-state index contributed by atoms with van der Waals surface area (Å²) in [6, 6.07) is 7.41. The van der Waals surface area contributed by atoms with Gasteiger partial charge in [-0.3, -0.25) is 4.79 Å². The first kappa shape index (κ1) is 11.7. The fourth-order valence-electron chi connectivity index (χ4n) is 2.10. The maximum absolute atomic E-state index is 11.6. The first-order valence-corrected chi connectivity index (χ1v) is 5.95. The zero-order valence-corrected chi connectivity index (χ0v) is 10.2. The van der Waals surface area contributed by atoms with E-state index in [2.05, 4.69) is 11.9 Å². The zero-order valence-electron chi connectivity index (χ0n) is 10.2. The SMILES string of the molecule is CCCCc1cc(=O)[nH]c2cccc(OC)c12. The average molecular weight is 231 g/mol. The van der Waals surface area contributed by atoms with Crippen LogP contribution in [0.2, 0.25) is 0 Å². The predicted molar refractivity (Wildman–Crippen MR) is 69.7 cm³/mol. The van der Waals surface area contributed by atoms with Crippen molar-refractivity contribution < 1.29 is 4.74 Å². The van der Waals surface area contributed by atoms with E-state index in [0.29, 0.717) is 0 Å². The number of unbranched alkanes of at least 4 members (excludes halogenated alkanes) is 1. The highest BCUT2D eigenvalue weighted by molar-refractivity contribution is 5.88. The van der Waals surface area contributed by atoms with Crippen LogP contribution in [-0.4, -0.2) is 12.1 Å². The van der Waals surface area contributed by atoms with Crippen LogP contribution in [0.15, 0.2) is 29.1 Å². The smallest absolute Gasteiger partial charge is 0.248 e. The second-order valence-corrected chi connectivity index (χ2v) is 4.15. The molecule has 0 fully saturated rings. The van der Waals surface area contributed by atoms with E-state index in [-0.39, 0.29) is 5.56 Å². The Kier molecular flexibility index (Phi) is 3.47. The van der Waals surface area contributed by atoms with Crippen molar-refractivity contribution in [2.45, 2.75) is 26.2 Å². The first-order chi connectivity index (χ1) is 8.26. The molecule has 1 aromatic heterocycles. The average Bonchev–Trinajstić information content (AvgIpc) is 2.34. The van der Waals surface area contributed by atoms with E-state index in [9.17, 15) is 4.79 Å². The summed E-state index contributed by atoms with van der Waals surface area (Å²) in [5.41, 5.74) is 1.88. The molecule has 0 atom stereocenters. The third-order valence-corrected chi connectivity index (χ3v) is 2.93. The topological polar surface area (TPSA) is 42.1 Å². The molecule has 0 saturated heterocycles. The molecule has 0 bridgehead atoms. The van der Waals surface area contributed by atoms with Crippen molar-refractivity contribution in [3.05, 3.63) is 40.2 Å². The molecule has 0 radical (unpaired) electrons. The number of rotatable bonds is 4. The molecule has 90 valence electrons. The number of aromatic nitrogens is 1. The number of methoxy groups -OCH3 is 1. The van der Waals surface area contributed by atoms with Gasteiger partial charge in [0.25, 0.3) is 0 Å². The lowest BCUT2D eigenvalue weighted by atomic mass is 10.0. The normalized spacial score (nSPS) is 10.7. The molecule has 1 N–H and O–H groups in total. The number of hydrogen-bond donors (Lipinski definition) is 1. The van der Waals surface area contributed by atoms with Gasteiger partial charge in [-0.15, -0.1) is 0 Å². The van der Waals surface area contributed by atoms with Gasteiger partial charge in [-0.1, -0.05) is 19.4 Å². The Bertz CT molecular complexity index is 572. The van der Waals surface area contributed by atoms with Crippen LogP contribution in [0.1, 0.15) is 25.3 Å². The van der Waals surface area contributed by atoms with E-state index < -0.39 is 0 Å². The minimum Gasteiger partial charge on any atom is -0.496 e. The fourth-order valence-corrected chi connectivity index (χ4v) is 2.10. The van der Waals surface area contributed by atoms with Gasteiger partial charge in [-0.2, -0.15) is 0 Å². The van der Waals surface area contributed by atoms with E-state index >= 15 is 0 Å². The zero-order chi connectivity index (χ0) is 12.3. The number of ether oxygens (including phenoxy) is 1. The van der Waals surface area contributed by atoms with Crippen LogP contribution in [0.4, 0.5) is 0 Å². The molecule has 0 amide bonds. The molecular weight excluding hydrogens is 214 g/mol. The molecule has 17 heavy (non-hydrogen) atoms. The largest absolute Gasteiger partial charge is 0.496 e.